The van der Waals surface area contributed by atoms with Crippen LogP contribution in [0.5, 0.6) is 0 Å². The fourth-order valence-corrected chi connectivity index (χ4v) is 4.46. The van der Waals surface area contributed by atoms with Gasteiger partial charge in [-0.2, -0.15) is 0 Å². The predicted octanol–water partition coefficient (Wildman–Crippen LogP) is 1.68. The van der Waals surface area contributed by atoms with Crippen molar-refractivity contribution in [2.45, 2.75) is 19.5 Å². The van der Waals surface area contributed by atoms with Gasteiger partial charge in [-0.1, -0.05) is 23.5 Å². The summed E-state index contributed by atoms with van der Waals surface area (Å²) >= 11 is 1.32. The largest absolute Gasteiger partial charge is 0.420 e. The van der Waals surface area contributed by atoms with E-state index in [1.807, 2.05) is 0 Å². The molecular weight excluding hydrogens is 420 g/mol. The number of hydrogen-bond acceptors (Lipinski definition) is 8. The lowest BCUT2D eigenvalue weighted by atomic mass is 10.2. The third kappa shape index (κ3) is 3.70. The van der Waals surface area contributed by atoms with Crippen molar-refractivity contribution >= 4 is 39.4 Å². The zero-order valence-electron chi connectivity index (χ0n) is 16.1. The van der Waals surface area contributed by atoms with Crippen LogP contribution in [-0.4, -0.2) is 42.8 Å². The van der Waals surface area contributed by atoms with Crippen molar-refractivity contribution in [1.82, 2.24) is 24.4 Å². The van der Waals surface area contributed by atoms with E-state index in [9.17, 15) is 14.4 Å². The monoisotopic (exact) mass is 436 g/mol. The molecule has 0 spiro atoms. The Labute approximate surface area is 179 Å². The summed E-state index contributed by atoms with van der Waals surface area (Å²) in [4.78, 5) is 52.2. The van der Waals surface area contributed by atoms with E-state index in [1.54, 1.807) is 29.2 Å². The lowest BCUT2D eigenvalue weighted by Gasteiger charge is -2.26. The van der Waals surface area contributed by atoms with E-state index in [0.717, 1.165) is 10.6 Å². The summed E-state index contributed by atoms with van der Waals surface area (Å²) in [7, 11) is 0. The summed E-state index contributed by atoms with van der Waals surface area (Å²) in [6, 6.07) is 7.00. The maximum Gasteiger partial charge on any atom is 0.420 e. The first-order valence-electron chi connectivity index (χ1n) is 9.50. The van der Waals surface area contributed by atoms with E-state index >= 15 is 0 Å². The number of rotatable bonds is 4. The van der Waals surface area contributed by atoms with Crippen LogP contribution < -0.4 is 11.1 Å². The molecule has 0 fully saturated rings. The topological polar surface area (TPSA) is 123 Å². The molecule has 0 aliphatic carbocycles. The van der Waals surface area contributed by atoms with Crippen LogP contribution in [0.2, 0.25) is 0 Å². The highest BCUT2D eigenvalue weighted by Crippen LogP contribution is 2.28. The van der Waals surface area contributed by atoms with Crippen molar-refractivity contribution < 1.29 is 14.0 Å². The minimum atomic E-state index is -0.556. The van der Waals surface area contributed by atoms with Crippen molar-refractivity contribution in [3.05, 3.63) is 69.7 Å². The molecule has 1 aliphatic rings. The Morgan fingerprint density at radius 1 is 1.23 bits per heavy atom. The summed E-state index contributed by atoms with van der Waals surface area (Å²) in [5.74, 6) is -1.13. The van der Waals surface area contributed by atoms with Gasteiger partial charge in [-0.05, 0) is 12.1 Å². The summed E-state index contributed by atoms with van der Waals surface area (Å²) in [6.45, 7) is 0.759. The van der Waals surface area contributed by atoms with Crippen molar-refractivity contribution in [2.75, 3.05) is 11.9 Å². The van der Waals surface area contributed by atoms with Gasteiger partial charge in [0.25, 0.3) is 5.91 Å². The van der Waals surface area contributed by atoms with Gasteiger partial charge >= 0.3 is 5.76 Å². The second-order valence-corrected chi connectivity index (χ2v) is 8.00. The third-order valence-electron chi connectivity index (χ3n) is 4.97. The molecule has 1 N–H and O–H groups in total. The molecule has 1 aromatic carbocycles. The lowest BCUT2D eigenvalue weighted by Crippen LogP contribution is -2.38. The number of thiazole rings is 1. The van der Waals surface area contributed by atoms with Crippen LogP contribution >= 0.6 is 11.3 Å². The van der Waals surface area contributed by atoms with Crippen molar-refractivity contribution in [2.24, 2.45) is 0 Å². The molecule has 1 aliphatic heterocycles. The standard InChI is InChI=1S/C20H16N6O4S/c27-17(11-26-14-3-1-2-4-15(14)30-20(26)29)25-8-5-12-16(10-25)31-19(23-12)24-18(28)13-9-21-6-7-22-13/h1-4,6-7,9H,5,8,10-11H2,(H,23,24,28). The van der Waals surface area contributed by atoms with Crippen LogP contribution in [0, 0.1) is 0 Å². The molecule has 0 unspecified atom stereocenters. The molecule has 0 radical (unpaired) electrons. The average Bonchev–Trinajstić information content (AvgIpc) is 3.33. The molecule has 11 heteroatoms. The Morgan fingerprint density at radius 3 is 2.94 bits per heavy atom. The number of carbonyl (C=O) groups excluding carboxylic acids is 2. The molecule has 4 heterocycles. The fraction of sp³-hybridized carbons (Fsp3) is 0.200. The summed E-state index contributed by atoms with van der Waals surface area (Å²) in [5.41, 5.74) is 2.09. The Morgan fingerprint density at radius 2 is 2.10 bits per heavy atom. The highest BCUT2D eigenvalue weighted by molar-refractivity contribution is 7.15. The minimum Gasteiger partial charge on any atom is -0.408 e. The van der Waals surface area contributed by atoms with E-state index in [1.165, 1.54) is 34.5 Å². The highest BCUT2D eigenvalue weighted by atomic mass is 32.1. The summed E-state index contributed by atoms with van der Waals surface area (Å²) in [6.07, 6.45) is 4.88. The van der Waals surface area contributed by atoms with Gasteiger partial charge in [0.05, 0.1) is 24.0 Å². The highest BCUT2D eigenvalue weighted by Gasteiger charge is 2.26. The number of benzene rings is 1. The molecule has 156 valence electrons. The Bertz CT molecular complexity index is 1340. The number of hydrogen-bond donors (Lipinski definition) is 1. The number of para-hydroxylation sites is 2. The van der Waals surface area contributed by atoms with Gasteiger partial charge in [-0.25, -0.2) is 14.8 Å². The number of fused-ring (bicyclic) bond motifs is 2. The number of nitrogens with one attached hydrogen (secondary N) is 1. The van der Waals surface area contributed by atoms with E-state index in [4.69, 9.17) is 4.42 Å². The van der Waals surface area contributed by atoms with E-state index < -0.39 is 11.7 Å². The van der Waals surface area contributed by atoms with Crippen LogP contribution in [0.1, 0.15) is 21.1 Å². The molecule has 10 nitrogen and oxygen atoms in total. The van der Waals surface area contributed by atoms with Gasteiger partial charge in [0.15, 0.2) is 10.7 Å². The van der Waals surface area contributed by atoms with Crippen molar-refractivity contribution in [3.63, 3.8) is 0 Å². The zero-order chi connectivity index (χ0) is 21.4. The molecule has 3 aromatic heterocycles. The first kappa shape index (κ1) is 19.1. The molecule has 0 atom stereocenters. The molecule has 0 saturated carbocycles. The normalized spacial score (nSPS) is 13.2. The van der Waals surface area contributed by atoms with Gasteiger partial charge in [0, 0.05) is 30.2 Å². The molecule has 4 aromatic rings. The van der Waals surface area contributed by atoms with Crippen molar-refractivity contribution in [3.8, 4) is 0 Å². The number of amides is 2. The van der Waals surface area contributed by atoms with Gasteiger partial charge in [0.1, 0.15) is 12.2 Å². The summed E-state index contributed by atoms with van der Waals surface area (Å²) in [5, 5.41) is 3.18. The first-order chi connectivity index (χ1) is 15.1. The number of nitrogens with zero attached hydrogens (tertiary/aromatic N) is 5. The van der Waals surface area contributed by atoms with E-state index in [2.05, 4.69) is 20.3 Å². The number of oxazole rings is 1. The number of carbonyl (C=O) groups is 2. The van der Waals surface area contributed by atoms with Gasteiger partial charge in [-0.3, -0.25) is 24.5 Å². The Balaban J connectivity index is 1.29. The molecule has 2 amide bonds. The van der Waals surface area contributed by atoms with Crippen LogP contribution in [0.25, 0.3) is 11.1 Å². The first-order valence-corrected chi connectivity index (χ1v) is 10.3. The third-order valence-corrected chi connectivity index (χ3v) is 5.97. The van der Waals surface area contributed by atoms with Crippen LogP contribution in [0.15, 0.2) is 52.1 Å². The van der Waals surface area contributed by atoms with Crippen LogP contribution in [-0.2, 0) is 24.3 Å². The fourth-order valence-electron chi connectivity index (χ4n) is 3.44. The van der Waals surface area contributed by atoms with Gasteiger partial charge < -0.3 is 9.32 Å². The number of aromatic nitrogens is 4. The van der Waals surface area contributed by atoms with E-state index in [0.29, 0.717) is 35.7 Å². The molecule has 0 saturated heterocycles. The quantitative estimate of drug-likeness (QED) is 0.516. The number of anilines is 1. The molecule has 31 heavy (non-hydrogen) atoms. The Kier molecular flexibility index (Phi) is 4.79. The molecular formula is C20H16N6O4S. The van der Waals surface area contributed by atoms with Crippen LogP contribution in [0.3, 0.4) is 0 Å². The summed E-state index contributed by atoms with van der Waals surface area (Å²) < 4.78 is 6.54. The minimum absolute atomic E-state index is 0.0970. The predicted molar refractivity (Wildman–Crippen MR) is 112 cm³/mol. The smallest absolute Gasteiger partial charge is 0.408 e. The van der Waals surface area contributed by atoms with E-state index in [-0.39, 0.29) is 18.1 Å². The van der Waals surface area contributed by atoms with Crippen LogP contribution in [0.4, 0.5) is 5.13 Å². The lowest BCUT2D eigenvalue weighted by molar-refractivity contribution is -0.132. The molecule has 0 bridgehead atoms. The SMILES string of the molecule is O=C(Nc1nc2c(s1)CN(C(=O)Cn1c(=O)oc3ccccc31)CC2)c1cnccn1. The van der Waals surface area contributed by atoms with Gasteiger partial charge in [-0.15, -0.1) is 0 Å². The maximum atomic E-state index is 12.9. The Hall–Kier alpha value is -3.86. The van der Waals surface area contributed by atoms with Crippen molar-refractivity contribution in [1.29, 1.82) is 0 Å². The van der Waals surface area contributed by atoms with Gasteiger partial charge in [0.2, 0.25) is 5.91 Å². The average molecular weight is 436 g/mol. The zero-order valence-corrected chi connectivity index (χ0v) is 17.0. The second kappa shape index (κ2) is 7.76. The maximum absolute atomic E-state index is 12.9. The molecule has 5 rings (SSSR count). The second-order valence-electron chi connectivity index (χ2n) is 6.92.